The van der Waals surface area contributed by atoms with Gasteiger partial charge in [0.2, 0.25) is 53.2 Å². The molecular weight excluding hydrogens is 1410 g/mol. The van der Waals surface area contributed by atoms with Crippen LogP contribution in [-0.4, -0.2) is 230 Å². The highest BCUT2D eigenvalue weighted by atomic mass is 32.1. The van der Waals surface area contributed by atoms with E-state index in [9.17, 15) is 63.3 Å². The largest absolute Gasteiger partial charge is 0.508 e. The average molecular weight is 1510 g/mol. The van der Waals surface area contributed by atoms with Gasteiger partial charge >= 0.3 is 12.0 Å². The number of amides is 11. The van der Waals surface area contributed by atoms with Crippen LogP contribution in [0.3, 0.4) is 0 Å². The number of hydrogen-bond donors (Lipinski definition) is 17. The van der Waals surface area contributed by atoms with E-state index in [1.165, 1.54) is 45.7 Å². The number of urea groups is 1. The fourth-order valence-corrected chi connectivity index (χ4v) is 14.4. The molecule has 0 saturated carbocycles. The van der Waals surface area contributed by atoms with Crippen LogP contribution in [-0.2, 0) is 73.6 Å². The number of aromatic nitrogens is 2. The normalized spacial score (nSPS) is 17.2. The van der Waals surface area contributed by atoms with Gasteiger partial charge in [-0.1, -0.05) is 85.8 Å². The molecule has 16 N–H and O–H groups in total. The SMILES string of the molecule is C=CCN1C[C@H](C(=O)N(CCCN(C)CC(=O)N[C@H](Cc2ccccc2)C(=O)N[C@@H](CS)C(=O)N[C@@H](Cc2ccc(O)cc2)C(=O)N[C@H](Cc2c[nH]c3ccccc23)C(=O)N[C@@H](CCCCN)C(=O)N[C@@H](CC)C(=O)N[C@@H](CS)C(=O)N[C@H](C(=O)O)[C@@H](C)O)C(=O)NCC)CC2c3cccc4[nH]cc(c34)CC21. The Morgan fingerprint density at radius 1 is 0.654 bits per heavy atom. The molecule has 1 saturated heterocycles. The Morgan fingerprint density at radius 3 is 1.84 bits per heavy atom. The van der Waals surface area contributed by atoms with Gasteiger partial charge in [-0.25, -0.2) is 9.59 Å². The number of aromatic amines is 2. The van der Waals surface area contributed by atoms with Crippen molar-refractivity contribution in [2.75, 3.05) is 64.4 Å². The van der Waals surface area contributed by atoms with Crippen molar-refractivity contribution in [2.24, 2.45) is 11.7 Å². The number of phenols is 1. The van der Waals surface area contributed by atoms with Crippen molar-refractivity contribution >= 4 is 112 Å². The predicted octanol–water partition coefficient (Wildman–Crippen LogP) is 2.22. The minimum atomic E-state index is -1.71. The molecule has 11 amide bonds. The number of para-hydroxylation sites is 1. The van der Waals surface area contributed by atoms with E-state index in [0.29, 0.717) is 72.9 Å². The fraction of sp³-hybridized carbons (Fsp3) is 0.461. The number of carbonyl (C=O) groups excluding carboxylic acids is 10. The number of hydrogen-bond acceptors (Lipinski definition) is 18. The number of aliphatic hydroxyl groups is 1. The second kappa shape index (κ2) is 40.2. The molecule has 31 heteroatoms. The van der Waals surface area contributed by atoms with Crippen molar-refractivity contribution in [3.8, 4) is 5.75 Å². The van der Waals surface area contributed by atoms with Gasteiger partial charge in [0.25, 0.3) is 0 Å². The second-order valence-corrected chi connectivity index (χ2v) is 28.0. The number of carbonyl (C=O) groups is 11. The monoisotopic (exact) mass is 1510 g/mol. The number of rotatable bonds is 40. The molecule has 1 aliphatic heterocycles. The molecular formula is C76H101N15O14S2. The fourth-order valence-electron chi connectivity index (χ4n) is 13.8. The number of likely N-dealkylation sites (N-methyl/N-ethyl adjacent to an activating group) is 1. The van der Waals surface area contributed by atoms with Gasteiger partial charge in [-0.2, -0.15) is 25.3 Å². The molecule has 3 heterocycles. The number of carboxylic acid groups (broad SMARTS) is 1. The Balaban J connectivity index is 0.955. The number of benzene rings is 4. The maximum Gasteiger partial charge on any atom is 0.328 e. The highest BCUT2D eigenvalue weighted by Crippen LogP contribution is 2.45. The van der Waals surface area contributed by atoms with Crippen LogP contribution >= 0.6 is 25.3 Å². The number of aliphatic hydroxyl groups excluding tert-OH is 1. The first-order valence-corrected chi connectivity index (χ1v) is 37.5. The van der Waals surface area contributed by atoms with E-state index in [4.69, 9.17) is 5.73 Å². The van der Waals surface area contributed by atoms with Crippen molar-refractivity contribution < 1.29 is 68.1 Å². The van der Waals surface area contributed by atoms with Crippen molar-refractivity contribution in [3.63, 3.8) is 0 Å². The predicted molar refractivity (Wildman–Crippen MR) is 411 cm³/mol. The zero-order valence-electron chi connectivity index (χ0n) is 60.7. The van der Waals surface area contributed by atoms with E-state index >= 15 is 4.79 Å². The summed E-state index contributed by atoms with van der Waals surface area (Å²) in [6, 6.07) is 16.3. The molecule has 0 radical (unpaired) electrons. The minimum absolute atomic E-state index is 0.000682. The van der Waals surface area contributed by atoms with Crippen molar-refractivity contribution in [3.05, 3.63) is 150 Å². The molecule has 12 atom stereocenters. The molecule has 2 aliphatic rings. The number of H-pyrrole nitrogens is 2. The summed E-state index contributed by atoms with van der Waals surface area (Å²) in [5.74, 6) is -9.54. The van der Waals surface area contributed by atoms with Gasteiger partial charge in [0, 0.05) is 110 Å². The van der Waals surface area contributed by atoms with Gasteiger partial charge in [-0.15, -0.1) is 6.58 Å². The number of aromatic hydroxyl groups is 1. The Hall–Kier alpha value is -9.79. The summed E-state index contributed by atoms with van der Waals surface area (Å²) in [7, 11) is 1.70. The van der Waals surface area contributed by atoms with E-state index < -0.39 is 120 Å². The number of carboxylic acids is 1. The number of imide groups is 1. The average Bonchev–Trinajstić information content (AvgIpc) is 1.67. The minimum Gasteiger partial charge on any atom is -0.508 e. The molecule has 2 unspecified atom stereocenters. The van der Waals surface area contributed by atoms with Crippen LogP contribution in [0.15, 0.2) is 122 Å². The lowest BCUT2D eigenvalue weighted by molar-refractivity contribution is -0.145. The highest BCUT2D eigenvalue weighted by molar-refractivity contribution is 7.80. The lowest BCUT2D eigenvalue weighted by Gasteiger charge is -2.47. The first-order chi connectivity index (χ1) is 51.4. The second-order valence-electron chi connectivity index (χ2n) is 27.3. The van der Waals surface area contributed by atoms with E-state index in [1.807, 2.05) is 24.3 Å². The van der Waals surface area contributed by atoms with Crippen LogP contribution in [0.4, 0.5) is 4.79 Å². The summed E-state index contributed by atoms with van der Waals surface area (Å²) < 4.78 is 0. The Kier molecular flexibility index (Phi) is 31.2. The van der Waals surface area contributed by atoms with Gasteiger partial charge in [0.05, 0.1) is 18.6 Å². The number of unbranched alkanes of at least 4 members (excludes halogenated alkanes) is 1. The smallest absolute Gasteiger partial charge is 0.328 e. The van der Waals surface area contributed by atoms with Gasteiger partial charge in [-0.05, 0) is 124 Å². The van der Waals surface area contributed by atoms with E-state index in [-0.39, 0.29) is 93.4 Å². The van der Waals surface area contributed by atoms with Crippen LogP contribution in [0.1, 0.15) is 93.0 Å². The quantitative estimate of drug-likeness (QED) is 0.0149. The molecule has 0 bridgehead atoms. The summed E-state index contributed by atoms with van der Waals surface area (Å²) in [5.41, 5.74) is 11.7. The van der Waals surface area contributed by atoms with Crippen LogP contribution in [0.5, 0.6) is 5.75 Å². The Morgan fingerprint density at radius 2 is 1.21 bits per heavy atom. The summed E-state index contributed by atoms with van der Waals surface area (Å²) in [6.07, 6.45) is 6.05. The molecule has 8 rings (SSSR count). The number of piperidine rings is 1. The van der Waals surface area contributed by atoms with E-state index in [2.05, 4.69) is 113 Å². The Labute approximate surface area is 632 Å². The van der Waals surface area contributed by atoms with Gasteiger partial charge in [0.1, 0.15) is 48.0 Å². The van der Waals surface area contributed by atoms with Crippen LogP contribution in [0.2, 0.25) is 0 Å². The molecule has 6 aromatic rings. The molecule has 576 valence electrons. The molecule has 1 aliphatic carbocycles. The molecule has 4 aromatic carbocycles. The first-order valence-electron chi connectivity index (χ1n) is 36.2. The third-order valence-electron chi connectivity index (χ3n) is 19.4. The van der Waals surface area contributed by atoms with Crippen LogP contribution in [0.25, 0.3) is 21.8 Å². The number of thiol groups is 2. The van der Waals surface area contributed by atoms with Gasteiger partial charge in [-0.3, -0.25) is 57.9 Å². The van der Waals surface area contributed by atoms with Crippen molar-refractivity contribution in [1.29, 1.82) is 0 Å². The lowest BCUT2D eigenvalue weighted by Crippen LogP contribution is -2.61. The highest BCUT2D eigenvalue weighted by Gasteiger charge is 2.45. The zero-order valence-corrected chi connectivity index (χ0v) is 62.5. The van der Waals surface area contributed by atoms with Crippen molar-refractivity contribution in [1.82, 2.24) is 72.5 Å². The number of likely N-dealkylation sites (tertiary alicyclic amines) is 1. The van der Waals surface area contributed by atoms with Crippen LogP contribution in [0, 0.1) is 5.92 Å². The molecule has 107 heavy (non-hydrogen) atoms. The zero-order chi connectivity index (χ0) is 77.4. The lowest BCUT2D eigenvalue weighted by atomic mass is 9.72. The number of nitrogens with two attached hydrogens (primary N) is 1. The van der Waals surface area contributed by atoms with Crippen LogP contribution < -0.4 is 53.6 Å². The van der Waals surface area contributed by atoms with E-state index in [0.717, 1.165) is 18.9 Å². The topological polar surface area (TPSA) is 424 Å². The standard InChI is InChI=1S/C76H101N15O14S2/c1-6-30-90-40-49(35-53-52-21-16-24-56-65(52)48(39-80-56)37-63(53)90)74(102)91(76(105)78-8-3)32-17-31-89(5)41-64(94)81-58(33-45-18-10-9-11-19-45)69(97)87-61(42-106)72(100)84-59(34-46-25-27-50(93)28-26-46)70(98)85-60(36-47-38-79-55-22-13-12-20-51(47)55)71(99)83-57(23-14-15-29-77)68(96)82-54(7-2)67(95)86-62(43-107)73(101)88-66(44(4)92)75(103)104/h6,9-13,16,18-22,24-28,38-39,44,49,53-54,57-63,66,79-80,92-93,106-107H,1,7-8,14-15,17,23,29-37,40-43,77H2,2-5H3,(H,78,105)(H,81,94)(H,82,96)(H,83,99)(H,84,100)(H,85,98)(H,86,95)(H,87,97)(H,88,101)(H,103,104)/t44-,49-,53?,54+,57+,58-,59+,60-,61+,62+,63?,66+/m1/s1. The summed E-state index contributed by atoms with van der Waals surface area (Å²) in [5, 5.41) is 55.6. The molecule has 1 fully saturated rings. The first kappa shape index (κ1) is 82.9. The number of nitrogens with one attached hydrogen (secondary N) is 11. The molecule has 29 nitrogen and oxygen atoms in total. The molecule has 0 spiro atoms. The number of aliphatic carboxylic acids is 1. The number of nitrogens with zero attached hydrogens (tertiary/aromatic N) is 3. The van der Waals surface area contributed by atoms with Gasteiger partial charge < -0.3 is 78.9 Å². The maximum atomic E-state index is 15.1. The number of phenolic OH excluding ortho intramolecular Hbond substituents is 1. The van der Waals surface area contributed by atoms with Crippen molar-refractivity contribution in [2.45, 2.75) is 151 Å². The third kappa shape index (κ3) is 22.6. The summed E-state index contributed by atoms with van der Waals surface area (Å²) >= 11 is 8.63. The maximum absolute atomic E-state index is 15.1. The third-order valence-corrected chi connectivity index (χ3v) is 20.2. The summed E-state index contributed by atoms with van der Waals surface area (Å²) in [6.45, 7) is 10.2. The number of fused-ring (bicyclic) bond motifs is 3. The Bertz CT molecular complexity index is 4080. The molecule has 2 aromatic heterocycles. The summed E-state index contributed by atoms with van der Waals surface area (Å²) in [4.78, 5) is 167. The van der Waals surface area contributed by atoms with E-state index in [1.54, 1.807) is 74.5 Å². The van der Waals surface area contributed by atoms with Gasteiger partial charge in [0.15, 0.2) is 6.04 Å².